The summed E-state index contributed by atoms with van der Waals surface area (Å²) in [5, 5.41) is 8.60. The minimum atomic E-state index is -3.98. The molecule has 0 saturated heterocycles. The molecule has 2 aromatic heterocycles. The Balaban J connectivity index is 1.47. The third-order valence-corrected chi connectivity index (χ3v) is 6.82. The molecule has 10 heteroatoms. The minimum Gasteiger partial charge on any atom is -0.496 e. The molecule has 1 fully saturated rings. The standard InChI is InChI=1S/C22H22N4O5S/c1-29-18-12-15(14-26-11-5-10-23-26)13-19-21(18)22(24-31-19)25-32(27,28)20-9-3-2-8-17(20)30-16-6-4-7-16/h2-3,5,8-13,16H,4,6-7,14H2,1H3,(H,24,25). The van der Waals surface area contributed by atoms with E-state index in [0.717, 1.165) is 24.8 Å². The van der Waals surface area contributed by atoms with Crippen LogP contribution in [0.4, 0.5) is 5.82 Å². The number of methoxy groups -OCH3 is 1. The van der Waals surface area contributed by atoms with E-state index in [1.54, 1.807) is 35.1 Å². The summed E-state index contributed by atoms with van der Waals surface area (Å²) in [6.07, 6.45) is 6.53. The number of para-hydroxylation sites is 1. The van der Waals surface area contributed by atoms with Gasteiger partial charge in [-0.3, -0.25) is 9.40 Å². The van der Waals surface area contributed by atoms with Crippen LogP contribution in [0, 0.1) is 0 Å². The maximum absolute atomic E-state index is 13.2. The van der Waals surface area contributed by atoms with Gasteiger partial charge in [0.2, 0.25) is 0 Å². The van der Waals surface area contributed by atoms with Gasteiger partial charge in [-0.15, -0.1) is 0 Å². The smallest absolute Gasteiger partial charge is 0.266 e. The Morgan fingerprint density at radius 1 is 1.19 bits per heavy atom. The van der Waals surface area contributed by atoms with Crippen LogP contribution in [0.5, 0.6) is 11.5 Å². The lowest BCUT2D eigenvalue weighted by Crippen LogP contribution is -2.26. The number of aromatic nitrogens is 3. The Morgan fingerprint density at radius 2 is 2.03 bits per heavy atom. The average Bonchev–Trinajstić information content (AvgIpc) is 3.40. The van der Waals surface area contributed by atoms with Gasteiger partial charge in [0.05, 0.1) is 19.8 Å². The molecule has 1 aliphatic rings. The number of rotatable bonds is 8. The molecular formula is C22H22N4O5S. The summed E-state index contributed by atoms with van der Waals surface area (Å²) in [5.74, 6) is 0.828. The van der Waals surface area contributed by atoms with Crippen LogP contribution in [0.15, 0.2) is 64.3 Å². The van der Waals surface area contributed by atoms with Crippen molar-refractivity contribution in [2.24, 2.45) is 0 Å². The predicted octanol–water partition coefficient (Wildman–Crippen LogP) is 3.81. The van der Waals surface area contributed by atoms with E-state index >= 15 is 0 Å². The number of fused-ring (bicyclic) bond motifs is 1. The molecule has 4 aromatic rings. The molecule has 166 valence electrons. The third kappa shape index (κ3) is 3.89. The maximum atomic E-state index is 13.2. The molecule has 0 amide bonds. The molecule has 5 rings (SSSR count). The van der Waals surface area contributed by atoms with Crippen LogP contribution in [0.3, 0.4) is 0 Å². The first kappa shape index (κ1) is 20.4. The number of sulfonamides is 1. The number of benzene rings is 2. The Labute approximate surface area is 185 Å². The fourth-order valence-electron chi connectivity index (χ4n) is 3.61. The highest BCUT2D eigenvalue weighted by molar-refractivity contribution is 7.92. The second kappa shape index (κ2) is 8.19. The highest BCUT2D eigenvalue weighted by Crippen LogP contribution is 2.36. The third-order valence-electron chi connectivity index (χ3n) is 5.44. The zero-order valence-corrected chi connectivity index (χ0v) is 18.2. The lowest BCUT2D eigenvalue weighted by atomic mass is 9.96. The SMILES string of the molecule is COc1cc(Cn2cccn2)cc2onc(NS(=O)(=O)c3ccccc3OC3CCC3)c12. The van der Waals surface area contributed by atoms with Gasteiger partial charge in [-0.1, -0.05) is 17.3 Å². The first-order valence-electron chi connectivity index (χ1n) is 10.3. The van der Waals surface area contributed by atoms with Crippen LogP contribution in [0.25, 0.3) is 11.0 Å². The van der Waals surface area contributed by atoms with E-state index < -0.39 is 10.0 Å². The number of nitrogens with one attached hydrogen (secondary N) is 1. The minimum absolute atomic E-state index is 0.0486. The summed E-state index contributed by atoms with van der Waals surface area (Å²) < 4.78 is 47.6. The van der Waals surface area contributed by atoms with E-state index in [4.69, 9.17) is 14.0 Å². The molecule has 9 nitrogen and oxygen atoms in total. The average molecular weight is 455 g/mol. The lowest BCUT2D eigenvalue weighted by Gasteiger charge is -2.27. The molecule has 0 aliphatic heterocycles. The molecule has 32 heavy (non-hydrogen) atoms. The fraction of sp³-hybridized carbons (Fsp3) is 0.273. The second-order valence-corrected chi connectivity index (χ2v) is 9.28. The van der Waals surface area contributed by atoms with E-state index in [1.165, 1.54) is 13.2 Å². The Morgan fingerprint density at radius 3 is 2.75 bits per heavy atom. The number of hydrogen-bond donors (Lipinski definition) is 1. The molecule has 1 saturated carbocycles. The van der Waals surface area contributed by atoms with Crippen molar-refractivity contribution in [2.45, 2.75) is 36.8 Å². The van der Waals surface area contributed by atoms with Gasteiger partial charge < -0.3 is 14.0 Å². The van der Waals surface area contributed by atoms with Crippen molar-refractivity contribution in [2.75, 3.05) is 11.8 Å². The van der Waals surface area contributed by atoms with Crippen LogP contribution in [0.2, 0.25) is 0 Å². The maximum Gasteiger partial charge on any atom is 0.266 e. The number of hydrogen-bond acceptors (Lipinski definition) is 7. The van der Waals surface area contributed by atoms with Crippen molar-refractivity contribution in [1.82, 2.24) is 14.9 Å². The molecule has 2 heterocycles. The van der Waals surface area contributed by atoms with Gasteiger partial charge in [-0.25, -0.2) is 8.42 Å². The van der Waals surface area contributed by atoms with Gasteiger partial charge >= 0.3 is 0 Å². The first-order chi connectivity index (χ1) is 15.5. The quantitative estimate of drug-likeness (QED) is 0.431. The zero-order valence-electron chi connectivity index (χ0n) is 17.4. The Bertz CT molecular complexity index is 1340. The summed E-state index contributed by atoms with van der Waals surface area (Å²) in [5.41, 5.74) is 1.28. The predicted molar refractivity (Wildman–Crippen MR) is 117 cm³/mol. The van der Waals surface area contributed by atoms with Crippen molar-refractivity contribution in [3.8, 4) is 11.5 Å². The van der Waals surface area contributed by atoms with Gasteiger partial charge in [0.25, 0.3) is 10.0 Å². The van der Waals surface area contributed by atoms with E-state index in [9.17, 15) is 8.42 Å². The number of ether oxygens (including phenoxy) is 2. The van der Waals surface area contributed by atoms with Crippen molar-refractivity contribution < 1.29 is 22.4 Å². The van der Waals surface area contributed by atoms with Gasteiger partial charge in [0, 0.05) is 12.4 Å². The van der Waals surface area contributed by atoms with E-state index in [1.807, 2.05) is 18.3 Å². The van der Waals surface area contributed by atoms with Crippen molar-refractivity contribution in [3.63, 3.8) is 0 Å². The number of nitrogens with zero attached hydrogens (tertiary/aromatic N) is 3. The van der Waals surface area contributed by atoms with Gasteiger partial charge in [0.15, 0.2) is 11.4 Å². The summed E-state index contributed by atoms with van der Waals surface area (Å²) in [6, 6.07) is 12.0. The van der Waals surface area contributed by atoms with Crippen molar-refractivity contribution in [3.05, 3.63) is 60.4 Å². The van der Waals surface area contributed by atoms with Gasteiger partial charge in [-0.05, 0) is 55.2 Å². The molecule has 0 radical (unpaired) electrons. The van der Waals surface area contributed by atoms with E-state index in [-0.39, 0.29) is 16.8 Å². The topological polar surface area (TPSA) is 108 Å². The molecule has 0 unspecified atom stereocenters. The zero-order chi connectivity index (χ0) is 22.1. The van der Waals surface area contributed by atoms with Crippen LogP contribution in [-0.2, 0) is 16.6 Å². The summed E-state index contributed by atoms with van der Waals surface area (Å²) in [6.45, 7) is 0.507. The van der Waals surface area contributed by atoms with Crippen LogP contribution in [0.1, 0.15) is 24.8 Å². The van der Waals surface area contributed by atoms with E-state index in [0.29, 0.717) is 29.0 Å². The van der Waals surface area contributed by atoms with E-state index in [2.05, 4.69) is 15.0 Å². The Kier molecular flexibility index (Phi) is 5.22. The van der Waals surface area contributed by atoms with Crippen molar-refractivity contribution in [1.29, 1.82) is 0 Å². The first-order valence-corrected chi connectivity index (χ1v) is 11.7. The fourth-order valence-corrected chi connectivity index (χ4v) is 4.76. The molecule has 0 bridgehead atoms. The van der Waals surface area contributed by atoms with Crippen LogP contribution in [-0.4, -0.2) is 36.6 Å². The summed E-state index contributed by atoms with van der Waals surface area (Å²) in [7, 11) is -2.46. The van der Waals surface area contributed by atoms with Crippen LogP contribution < -0.4 is 14.2 Å². The van der Waals surface area contributed by atoms with Crippen LogP contribution >= 0.6 is 0 Å². The normalized spacial score (nSPS) is 14.3. The molecule has 0 atom stereocenters. The largest absolute Gasteiger partial charge is 0.496 e. The molecule has 2 aromatic carbocycles. The molecule has 1 aliphatic carbocycles. The van der Waals surface area contributed by atoms with Gasteiger partial charge in [-0.2, -0.15) is 5.10 Å². The lowest BCUT2D eigenvalue weighted by molar-refractivity contribution is 0.116. The molecule has 0 spiro atoms. The highest BCUT2D eigenvalue weighted by Gasteiger charge is 2.27. The number of anilines is 1. The highest BCUT2D eigenvalue weighted by atomic mass is 32.2. The van der Waals surface area contributed by atoms with Crippen molar-refractivity contribution >= 4 is 26.8 Å². The summed E-state index contributed by atoms with van der Waals surface area (Å²) in [4.78, 5) is 0.0531. The second-order valence-electron chi connectivity index (χ2n) is 7.63. The summed E-state index contributed by atoms with van der Waals surface area (Å²) >= 11 is 0. The monoisotopic (exact) mass is 454 g/mol. The Hall–Kier alpha value is -3.53. The molecule has 1 N–H and O–H groups in total. The molecular weight excluding hydrogens is 432 g/mol. The van der Waals surface area contributed by atoms with Gasteiger partial charge in [0.1, 0.15) is 21.8 Å².